The lowest BCUT2D eigenvalue weighted by Gasteiger charge is -2.20. The van der Waals surface area contributed by atoms with E-state index in [9.17, 15) is 9.59 Å². The second-order valence-electron chi connectivity index (χ2n) is 4.88. The average molecular weight is 242 g/mol. The number of nitrogens with zero attached hydrogens (tertiary/aromatic N) is 1. The number of urea groups is 1. The van der Waals surface area contributed by atoms with Crippen molar-refractivity contribution in [2.24, 2.45) is 11.8 Å². The number of likely N-dealkylation sites (tertiary alicyclic amines) is 1. The molecule has 1 saturated carbocycles. The summed E-state index contributed by atoms with van der Waals surface area (Å²) in [6.45, 7) is 0.851. The lowest BCUT2D eigenvalue weighted by Crippen LogP contribution is -2.49. The van der Waals surface area contributed by atoms with E-state index in [0.717, 1.165) is 12.8 Å². The first-order valence-electron chi connectivity index (χ1n) is 6.01. The van der Waals surface area contributed by atoms with Crippen LogP contribution in [0.5, 0.6) is 0 Å². The highest BCUT2D eigenvalue weighted by Gasteiger charge is 2.38. The minimum absolute atomic E-state index is 0.374. The maximum Gasteiger partial charge on any atom is 0.328 e. The molecule has 96 valence electrons. The molecule has 1 aliphatic carbocycles. The molecular formula is C11H18N2O4. The second-order valence-corrected chi connectivity index (χ2v) is 4.88. The van der Waals surface area contributed by atoms with Crippen LogP contribution in [0.15, 0.2) is 0 Å². The number of carbonyl (C=O) groups excluding carboxylic acids is 1. The molecule has 6 nitrogen and oxygen atoms in total. The Kier molecular flexibility index (Phi) is 3.51. The average Bonchev–Trinajstić information content (AvgIpc) is 2.84. The van der Waals surface area contributed by atoms with Gasteiger partial charge in [0.2, 0.25) is 0 Å². The molecule has 2 aliphatic rings. The van der Waals surface area contributed by atoms with E-state index >= 15 is 0 Å². The van der Waals surface area contributed by atoms with Gasteiger partial charge in [-0.15, -0.1) is 0 Å². The van der Waals surface area contributed by atoms with Crippen molar-refractivity contribution in [2.45, 2.75) is 25.3 Å². The minimum atomic E-state index is -1.21. The van der Waals surface area contributed by atoms with Crippen LogP contribution in [0.3, 0.4) is 0 Å². The maximum atomic E-state index is 11.8. The lowest BCUT2D eigenvalue weighted by atomic mass is 10.0. The van der Waals surface area contributed by atoms with Gasteiger partial charge in [0.15, 0.2) is 6.04 Å². The zero-order chi connectivity index (χ0) is 12.4. The molecule has 0 aromatic heterocycles. The normalized spacial score (nSPS) is 28.9. The molecule has 17 heavy (non-hydrogen) atoms. The van der Waals surface area contributed by atoms with Gasteiger partial charge in [-0.05, 0) is 24.7 Å². The molecule has 2 rings (SSSR count). The van der Waals surface area contributed by atoms with Crippen LogP contribution >= 0.6 is 0 Å². The van der Waals surface area contributed by atoms with E-state index < -0.39 is 18.6 Å². The van der Waals surface area contributed by atoms with E-state index in [0.29, 0.717) is 24.9 Å². The predicted molar refractivity (Wildman–Crippen MR) is 59.4 cm³/mol. The van der Waals surface area contributed by atoms with Gasteiger partial charge in [0, 0.05) is 13.1 Å². The number of hydrogen-bond donors (Lipinski definition) is 3. The van der Waals surface area contributed by atoms with Crippen LogP contribution in [0.2, 0.25) is 0 Å². The summed E-state index contributed by atoms with van der Waals surface area (Å²) in [5, 5.41) is 19.9. The minimum Gasteiger partial charge on any atom is -0.480 e. The Balaban J connectivity index is 1.86. The molecule has 0 aromatic carbocycles. The molecule has 6 heteroatoms. The largest absolute Gasteiger partial charge is 0.480 e. The number of carboxylic acid groups (broad SMARTS) is 1. The number of fused-ring (bicyclic) bond motifs is 1. The second kappa shape index (κ2) is 4.91. The summed E-state index contributed by atoms with van der Waals surface area (Å²) < 4.78 is 0. The first kappa shape index (κ1) is 12.2. The monoisotopic (exact) mass is 242 g/mol. The van der Waals surface area contributed by atoms with Crippen LogP contribution in [-0.4, -0.2) is 52.9 Å². The van der Waals surface area contributed by atoms with Crippen LogP contribution in [0.25, 0.3) is 0 Å². The number of aliphatic hydroxyl groups is 1. The van der Waals surface area contributed by atoms with Gasteiger partial charge in [-0.1, -0.05) is 6.42 Å². The SMILES string of the molecule is O=C(O)[C@@H](CO)NC(=O)N1CC2CCCC2C1. The summed E-state index contributed by atoms with van der Waals surface area (Å²) in [5.74, 6) is -0.0449. The third-order valence-corrected chi connectivity index (χ3v) is 3.79. The highest BCUT2D eigenvalue weighted by Crippen LogP contribution is 2.37. The van der Waals surface area contributed by atoms with E-state index in [1.54, 1.807) is 4.90 Å². The number of nitrogens with one attached hydrogen (secondary N) is 1. The Morgan fingerprint density at radius 1 is 1.29 bits per heavy atom. The number of rotatable bonds is 3. The fourth-order valence-electron chi connectivity index (χ4n) is 2.83. The lowest BCUT2D eigenvalue weighted by molar-refractivity contribution is -0.140. The van der Waals surface area contributed by atoms with Crippen LogP contribution < -0.4 is 5.32 Å². The summed E-state index contributed by atoms with van der Waals surface area (Å²) in [7, 11) is 0. The van der Waals surface area contributed by atoms with E-state index in [-0.39, 0.29) is 6.03 Å². The third-order valence-electron chi connectivity index (χ3n) is 3.79. The fourth-order valence-corrected chi connectivity index (χ4v) is 2.83. The number of carbonyl (C=O) groups is 2. The zero-order valence-electron chi connectivity index (χ0n) is 9.63. The number of aliphatic hydroxyl groups excluding tert-OH is 1. The molecule has 0 bridgehead atoms. The molecule has 0 spiro atoms. The van der Waals surface area contributed by atoms with Crippen molar-refractivity contribution in [2.75, 3.05) is 19.7 Å². The molecule has 3 N–H and O–H groups in total. The molecule has 2 fully saturated rings. The molecule has 2 amide bonds. The van der Waals surface area contributed by atoms with Gasteiger partial charge in [-0.3, -0.25) is 0 Å². The fraction of sp³-hybridized carbons (Fsp3) is 0.818. The van der Waals surface area contributed by atoms with Gasteiger partial charge >= 0.3 is 12.0 Å². The summed E-state index contributed by atoms with van der Waals surface area (Å²) in [6.07, 6.45) is 3.56. The third kappa shape index (κ3) is 2.52. The van der Waals surface area contributed by atoms with Gasteiger partial charge in [0.25, 0.3) is 0 Å². The van der Waals surface area contributed by atoms with Crippen molar-refractivity contribution in [1.82, 2.24) is 10.2 Å². The van der Waals surface area contributed by atoms with Crippen LogP contribution in [0.4, 0.5) is 4.79 Å². The van der Waals surface area contributed by atoms with Gasteiger partial charge in [0.05, 0.1) is 6.61 Å². The smallest absolute Gasteiger partial charge is 0.328 e. The number of aliphatic carboxylic acids is 1. The number of carboxylic acids is 1. The Morgan fingerprint density at radius 3 is 2.35 bits per heavy atom. The van der Waals surface area contributed by atoms with Crippen molar-refractivity contribution >= 4 is 12.0 Å². The molecule has 1 aliphatic heterocycles. The van der Waals surface area contributed by atoms with E-state index in [2.05, 4.69) is 5.32 Å². The van der Waals surface area contributed by atoms with E-state index in [1.807, 2.05) is 0 Å². The summed E-state index contributed by atoms with van der Waals surface area (Å²) in [5.41, 5.74) is 0. The summed E-state index contributed by atoms with van der Waals surface area (Å²) >= 11 is 0. The molecule has 0 aromatic rings. The van der Waals surface area contributed by atoms with Crippen LogP contribution in [-0.2, 0) is 4.79 Å². The number of hydrogen-bond acceptors (Lipinski definition) is 3. The molecule has 2 unspecified atom stereocenters. The Morgan fingerprint density at radius 2 is 1.88 bits per heavy atom. The molecule has 1 heterocycles. The number of amides is 2. The Labute approximate surface area is 99.6 Å². The van der Waals surface area contributed by atoms with Gasteiger partial charge < -0.3 is 20.4 Å². The van der Waals surface area contributed by atoms with Gasteiger partial charge in [0.1, 0.15) is 0 Å². The molecule has 3 atom stereocenters. The predicted octanol–water partition coefficient (Wildman–Crippen LogP) is -0.127. The molecular weight excluding hydrogens is 224 g/mol. The zero-order valence-corrected chi connectivity index (χ0v) is 9.63. The van der Waals surface area contributed by atoms with E-state index in [1.165, 1.54) is 6.42 Å². The van der Waals surface area contributed by atoms with E-state index in [4.69, 9.17) is 10.2 Å². The highest BCUT2D eigenvalue weighted by molar-refractivity contribution is 5.82. The van der Waals surface area contributed by atoms with Crippen molar-refractivity contribution < 1.29 is 19.8 Å². The Bertz CT molecular complexity index is 309. The van der Waals surface area contributed by atoms with Crippen LogP contribution in [0, 0.1) is 11.8 Å². The molecule has 0 radical (unpaired) electrons. The summed E-state index contributed by atoms with van der Waals surface area (Å²) in [4.78, 5) is 24.1. The highest BCUT2D eigenvalue weighted by atomic mass is 16.4. The van der Waals surface area contributed by atoms with Crippen molar-refractivity contribution in [3.05, 3.63) is 0 Å². The first-order chi connectivity index (χ1) is 8.11. The molecule has 1 saturated heterocycles. The quantitative estimate of drug-likeness (QED) is 0.643. The topological polar surface area (TPSA) is 89.9 Å². The van der Waals surface area contributed by atoms with Crippen molar-refractivity contribution in [3.63, 3.8) is 0 Å². The Hall–Kier alpha value is -1.30. The van der Waals surface area contributed by atoms with Crippen LogP contribution in [0.1, 0.15) is 19.3 Å². The van der Waals surface area contributed by atoms with Crippen molar-refractivity contribution in [3.8, 4) is 0 Å². The van der Waals surface area contributed by atoms with Crippen molar-refractivity contribution in [1.29, 1.82) is 0 Å². The van der Waals surface area contributed by atoms with Gasteiger partial charge in [-0.2, -0.15) is 0 Å². The van der Waals surface area contributed by atoms with Gasteiger partial charge in [-0.25, -0.2) is 9.59 Å². The maximum absolute atomic E-state index is 11.8. The summed E-state index contributed by atoms with van der Waals surface area (Å²) in [6, 6.07) is -1.58. The standard InChI is InChI=1S/C11H18N2O4/c14-6-9(10(15)16)12-11(17)13-4-7-2-1-3-8(7)5-13/h7-9,14H,1-6H2,(H,12,17)(H,15,16)/t7?,8?,9-/m1/s1. The first-order valence-corrected chi connectivity index (χ1v) is 6.01.